The molecule has 23 heavy (non-hydrogen) atoms. The minimum Gasteiger partial charge on any atom is -0.488 e. The molecule has 2 aromatic rings. The fourth-order valence-electron chi connectivity index (χ4n) is 2.28. The van der Waals surface area contributed by atoms with E-state index in [0.717, 1.165) is 12.0 Å². The number of hydrogen-bond donors (Lipinski definition) is 2. The molecule has 2 atom stereocenters. The van der Waals surface area contributed by atoms with Crippen molar-refractivity contribution in [3.05, 3.63) is 64.9 Å². The van der Waals surface area contributed by atoms with E-state index in [1.54, 1.807) is 12.1 Å². The molecule has 2 unspecified atom stereocenters. The van der Waals surface area contributed by atoms with Crippen LogP contribution in [0.25, 0.3) is 0 Å². The summed E-state index contributed by atoms with van der Waals surface area (Å²) in [4.78, 5) is 0. The molecule has 0 saturated heterocycles. The number of aliphatic hydroxyl groups is 1. The molecule has 0 aliphatic heterocycles. The summed E-state index contributed by atoms with van der Waals surface area (Å²) in [7, 11) is 0. The van der Waals surface area contributed by atoms with E-state index in [4.69, 9.17) is 16.3 Å². The molecule has 124 valence electrons. The van der Waals surface area contributed by atoms with E-state index in [1.165, 1.54) is 12.1 Å². The van der Waals surface area contributed by atoms with Crippen molar-refractivity contribution >= 4 is 11.6 Å². The first kappa shape index (κ1) is 17.7. The molecule has 2 rings (SSSR count). The Morgan fingerprint density at radius 3 is 2.52 bits per heavy atom. The largest absolute Gasteiger partial charge is 0.488 e. The number of halogens is 2. The van der Waals surface area contributed by atoms with Crippen LogP contribution in [0, 0.1) is 5.82 Å². The van der Waals surface area contributed by atoms with Crippen molar-refractivity contribution in [2.75, 3.05) is 13.2 Å². The fraction of sp³-hybridized carbons (Fsp3) is 0.333. The van der Waals surface area contributed by atoms with Crippen molar-refractivity contribution in [3.8, 4) is 5.75 Å². The van der Waals surface area contributed by atoms with Gasteiger partial charge >= 0.3 is 0 Å². The highest BCUT2D eigenvalue weighted by Gasteiger charge is 2.12. The van der Waals surface area contributed by atoms with Crippen LogP contribution in [-0.4, -0.2) is 24.4 Å². The monoisotopic (exact) mass is 337 g/mol. The lowest BCUT2D eigenvalue weighted by Crippen LogP contribution is -2.33. The van der Waals surface area contributed by atoms with Gasteiger partial charge in [-0.3, -0.25) is 0 Å². The second-order valence-electron chi connectivity index (χ2n) is 5.32. The van der Waals surface area contributed by atoms with Crippen molar-refractivity contribution in [2.24, 2.45) is 0 Å². The number of para-hydroxylation sites is 1. The molecule has 0 aliphatic carbocycles. The fourth-order valence-corrected chi connectivity index (χ4v) is 2.40. The first-order chi connectivity index (χ1) is 11.1. The molecule has 0 aliphatic rings. The first-order valence-corrected chi connectivity index (χ1v) is 8.02. The molecular formula is C18H21ClFNO2. The van der Waals surface area contributed by atoms with E-state index >= 15 is 0 Å². The maximum absolute atomic E-state index is 13.4. The second-order valence-corrected chi connectivity index (χ2v) is 5.75. The molecule has 2 N–H and O–H groups in total. The van der Waals surface area contributed by atoms with Crippen LogP contribution in [0.3, 0.4) is 0 Å². The lowest BCUT2D eigenvalue weighted by atomic mass is 10.0. The van der Waals surface area contributed by atoms with Crippen LogP contribution in [0.2, 0.25) is 5.02 Å². The highest BCUT2D eigenvalue weighted by Crippen LogP contribution is 2.19. The number of aliphatic hydroxyl groups excluding tert-OH is 1. The zero-order valence-corrected chi connectivity index (χ0v) is 13.8. The third-order valence-corrected chi connectivity index (χ3v) is 3.80. The lowest BCUT2D eigenvalue weighted by molar-refractivity contribution is 0.101. The second kappa shape index (κ2) is 8.87. The van der Waals surface area contributed by atoms with Crippen molar-refractivity contribution in [1.29, 1.82) is 0 Å². The van der Waals surface area contributed by atoms with Gasteiger partial charge in [0.25, 0.3) is 0 Å². The Bertz CT molecular complexity index is 606. The number of ether oxygens (including phenoxy) is 1. The van der Waals surface area contributed by atoms with E-state index in [2.05, 4.69) is 12.2 Å². The van der Waals surface area contributed by atoms with Crippen LogP contribution >= 0.6 is 11.6 Å². The predicted octanol–water partition coefficient (Wildman–Crippen LogP) is 3.96. The van der Waals surface area contributed by atoms with E-state index in [9.17, 15) is 9.50 Å². The van der Waals surface area contributed by atoms with Gasteiger partial charge in [0.05, 0.1) is 0 Å². The Morgan fingerprint density at radius 1 is 1.17 bits per heavy atom. The topological polar surface area (TPSA) is 41.5 Å². The highest BCUT2D eigenvalue weighted by atomic mass is 35.5. The van der Waals surface area contributed by atoms with Gasteiger partial charge in [0.2, 0.25) is 0 Å². The highest BCUT2D eigenvalue weighted by molar-refractivity contribution is 6.30. The van der Waals surface area contributed by atoms with Gasteiger partial charge in [-0.2, -0.15) is 0 Å². The summed E-state index contributed by atoms with van der Waals surface area (Å²) in [6, 6.07) is 13.9. The Morgan fingerprint density at radius 2 is 1.87 bits per heavy atom. The van der Waals surface area contributed by atoms with Crippen LogP contribution in [0.5, 0.6) is 5.75 Å². The quantitative estimate of drug-likeness (QED) is 0.766. The zero-order valence-electron chi connectivity index (χ0n) is 13.0. The standard InChI is InChI=1S/C18H21ClFNO2/c1-2-17(13-7-9-14(19)10-8-13)21-11-15(22)12-23-18-6-4-3-5-16(18)20/h3-10,15,17,21-22H,2,11-12H2,1H3. The summed E-state index contributed by atoms with van der Waals surface area (Å²) in [5.74, 6) is -0.281. The predicted molar refractivity (Wildman–Crippen MR) is 90.4 cm³/mol. The van der Waals surface area contributed by atoms with Gasteiger partial charge in [0.15, 0.2) is 11.6 Å². The summed E-state index contributed by atoms with van der Waals surface area (Å²) in [6.07, 6.45) is 0.152. The van der Waals surface area contributed by atoms with Gasteiger partial charge in [-0.1, -0.05) is 42.8 Å². The van der Waals surface area contributed by atoms with Gasteiger partial charge in [-0.15, -0.1) is 0 Å². The number of rotatable bonds is 8. The molecule has 2 aromatic carbocycles. The van der Waals surface area contributed by atoms with Crippen molar-refractivity contribution in [2.45, 2.75) is 25.5 Å². The zero-order chi connectivity index (χ0) is 16.7. The normalized spacial score (nSPS) is 13.6. The molecule has 0 amide bonds. The maximum atomic E-state index is 13.4. The lowest BCUT2D eigenvalue weighted by Gasteiger charge is -2.20. The van der Waals surface area contributed by atoms with Crippen LogP contribution in [0.1, 0.15) is 24.9 Å². The summed E-state index contributed by atoms with van der Waals surface area (Å²) < 4.78 is 18.7. The Kier molecular flexibility index (Phi) is 6.84. The summed E-state index contributed by atoms with van der Waals surface area (Å²) in [5.41, 5.74) is 1.11. The number of nitrogens with one attached hydrogen (secondary N) is 1. The SMILES string of the molecule is CCC(NCC(O)COc1ccccc1F)c1ccc(Cl)cc1. The molecule has 3 nitrogen and oxygen atoms in total. The average Bonchev–Trinajstić information content (AvgIpc) is 2.56. The molecular weight excluding hydrogens is 317 g/mol. The van der Waals surface area contributed by atoms with Crippen molar-refractivity contribution in [1.82, 2.24) is 5.32 Å². The summed E-state index contributed by atoms with van der Waals surface area (Å²) >= 11 is 5.89. The molecule has 0 aromatic heterocycles. The van der Waals surface area contributed by atoms with Gasteiger partial charge in [-0.05, 0) is 36.2 Å². The van der Waals surface area contributed by atoms with Crippen LogP contribution < -0.4 is 10.1 Å². The molecule has 5 heteroatoms. The van der Waals surface area contributed by atoms with Crippen molar-refractivity contribution in [3.63, 3.8) is 0 Å². The minimum absolute atomic E-state index is 0.0327. The molecule has 0 heterocycles. The third-order valence-electron chi connectivity index (χ3n) is 3.55. The van der Waals surface area contributed by atoms with Crippen molar-refractivity contribution < 1.29 is 14.2 Å². The third kappa shape index (κ3) is 5.50. The first-order valence-electron chi connectivity index (χ1n) is 7.64. The summed E-state index contributed by atoms with van der Waals surface area (Å²) in [6.45, 7) is 2.45. The maximum Gasteiger partial charge on any atom is 0.165 e. The van der Waals surface area contributed by atoms with Crippen LogP contribution in [-0.2, 0) is 0 Å². The number of benzene rings is 2. The Balaban J connectivity index is 1.81. The molecule has 0 spiro atoms. The number of hydrogen-bond acceptors (Lipinski definition) is 3. The Hall–Kier alpha value is -1.62. The smallest absolute Gasteiger partial charge is 0.165 e. The van der Waals surface area contributed by atoms with Crippen LogP contribution in [0.15, 0.2) is 48.5 Å². The average molecular weight is 338 g/mol. The van der Waals surface area contributed by atoms with E-state index < -0.39 is 11.9 Å². The Labute approximate surface area is 141 Å². The van der Waals surface area contributed by atoms with E-state index in [0.29, 0.717) is 11.6 Å². The van der Waals surface area contributed by atoms with E-state index in [1.807, 2.05) is 24.3 Å². The van der Waals surface area contributed by atoms with Gasteiger partial charge < -0.3 is 15.2 Å². The molecule has 0 radical (unpaired) electrons. The molecule has 0 bridgehead atoms. The molecule has 0 fully saturated rings. The van der Waals surface area contributed by atoms with E-state index in [-0.39, 0.29) is 18.4 Å². The van der Waals surface area contributed by atoms with Gasteiger partial charge in [0, 0.05) is 17.6 Å². The van der Waals surface area contributed by atoms with Crippen LogP contribution in [0.4, 0.5) is 4.39 Å². The minimum atomic E-state index is -0.726. The van der Waals surface area contributed by atoms with Gasteiger partial charge in [0.1, 0.15) is 12.7 Å². The van der Waals surface area contributed by atoms with Gasteiger partial charge in [-0.25, -0.2) is 4.39 Å². The summed E-state index contributed by atoms with van der Waals surface area (Å²) in [5, 5.41) is 14.0. The molecule has 0 saturated carbocycles.